The molecule has 0 heterocycles. The zero-order valence-corrected chi connectivity index (χ0v) is 30.5. The molecule has 0 fully saturated rings. The molecule has 0 aromatic carbocycles. The minimum atomic E-state index is -1.17. The first-order valence-corrected chi connectivity index (χ1v) is 19.8. The molecule has 3 unspecified atom stereocenters. The second kappa shape index (κ2) is 36.4. The quantitative estimate of drug-likeness (QED) is 0.0407. The summed E-state index contributed by atoms with van der Waals surface area (Å²) in [5, 5.41) is 33.4. The van der Waals surface area contributed by atoms with Crippen molar-refractivity contribution in [3.05, 3.63) is 36.5 Å². The zero-order chi connectivity index (χ0) is 33.8. The molecule has 270 valence electrons. The molecule has 5 heteroatoms. The molecule has 3 atom stereocenters. The lowest BCUT2D eigenvalue weighted by molar-refractivity contribution is -0.124. The number of aliphatic hydroxyl groups is 3. The second-order valence-electron chi connectivity index (χ2n) is 13.5. The fraction of sp³-hybridized carbons (Fsp3) is 0.829. The predicted octanol–water partition coefficient (Wildman–Crippen LogP) is 10.8. The van der Waals surface area contributed by atoms with Gasteiger partial charge in [-0.3, -0.25) is 4.79 Å². The van der Waals surface area contributed by atoms with Crippen LogP contribution in [0.3, 0.4) is 0 Å². The van der Waals surface area contributed by atoms with Crippen LogP contribution >= 0.6 is 0 Å². The summed E-state index contributed by atoms with van der Waals surface area (Å²) in [5.41, 5.74) is 0. The van der Waals surface area contributed by atoms with Crippen LogP contribution in [0.25, 0.3) is 0 Å². The van der Waals surface area contributed by atoms with E-state index in [1.807, 2.05) is 0 Å². The molecule has 5 nitrogen and oxygen atoms in total. The summed E-state index contributed by atoms with van der Waals surface area (Å²) in [6.45, 7) is 4.14. The van der Waals surface area contributed by atoms with Gasteiger partial charge in [-0.2, -0.15) is 0 Å². The predicted molar refractivity (Wildman–Crippen MR) is 199 cm³/mol. The largest absolute Gasteiger partial charge is 0.394 e. The summed E-state index contributed by atoms with van der Waals surface area (Å²) < 4.78 is 0. The van der Waals surface area contributed by atoms with E-state index < -0.39 is 18.2 Å². The molecule has 0 saturated heterocycles. The summed E-state index contributed by atoms with van der Waals surface area (Å²) >= 11 is 0. The minimum Gasteiger partial charge on any atom is -0.394 e. The van der Waals surface area contributed by atoms with Crippen LogP contribution in [-0.2, 0) is 4.79 Å². The van der Waals surface area contributed by atoms with Crippen molar-refractivity contribution in [3.63, 3.8) is 0 Å². The number of carbonyl (C=O) groups excluding carboxylic acids is 1. The van der Waals surface area contributed by atoms with Crippen LogP contribution in [-0.4, -0.2) is 46.1 Å². The van der Waals surface area contributed by atoms with Crippen LogP contribution in [0.5, 0.6) is 0 Å². The lowest BCUT2D eigenvalue weighted by atomic mass is 10.0. The van der Waals surface area contributed by atoms with Crippen molar-refractivity contribution < 1.29 is 20.1 Å². The molecule has 0 aliphatic rings. The van der Waals surface area contributed by atoms with E-state index in [1.54, 1.807) is 0 Å². The van der Waals surface area contributed by atoms with Crippen molar-refractivity contribution in [2.45, 2.75) is 212 Å². The topological polar surface area (TPSA) is 89.8 Å². The number of nitrogens with one attached hydrogen (secondary N) is 1. The Balaban J connectivity index is 3.77. The van der Waals surface area contributed by atoms with E-state index in [0.717, 1.165) is 51.4 Å². The maximum atomic E-state index is 12.4. The number of aliphatic hydroxyl groups excluding tert-OH is 3. The minimum absolute atomic E-state index is 0.169. The van der Waals surface area contributed by atoms with Crippen LogP contribution < -0.4 is 5.32 Å². The Morgan fingerprint density at radius 3 is 1.33 bits per heavy atom. The van der Waals surface area contributed by atoms with E-state index in [1.165, 1.54) is 116 Å². The number of unbranched alkanes of at least 4 members (excludes halogenated alkanes) is 21. The van der Waals surface area contributed by atoms with Gasteiger partial charge < -0.3 is 20.6 Å². The third kappa shape index (κ3) is 31.2. The smallest absolute Gasteiger partial charge is 0.220 e. The zero-order valence-electron chi connectivity index (χ0n) is 30.5. The summed E-state index contributed by atoms with van der Waals surface area (Å²) in [6.07, 6.45) is 43.8. The Bertz CT molecular complexity index is 719. The van der Waals surface area contributed by atoms with Gasteiger partial charge >= 0.3 is 0 Å². The summed E-state index contributed by atoms with van der Waals surface area (Å²) in [4.78, 5) is 12.4. The molecule has 4 N–H and O–H groups in total. The van der Waals surface area contributed by atoms with Crippen molar-refractivity contribution in [2.24, 2.45) is 0 Å². The average molecular weight is 648 g/mol. The Hall–Kier alpha value is -1.43. The SMILES string of the molecule is CCCCCCCCC/C=C\CCCCCCCC(=O)NC(CO)C(O)C(O)CCC/C=C/CC/C=C/CCCCCCCCC. The lowest BCUT2D eigenvalue weighted by Gasteiger charge is -2.26. The maximum absolute atomic E-state index is 12.4. The van der Waals surface area contributed by atoms with Gasteiger partial charge in [0, 0.05) is 6.42 Å². The molecule has 0 rings (SSSR count). The van der Waals surface area contributed by atoms with Crippen molar-refractivity contribution in [2.75, 3.05) is 6.61 Å². The molecule has 0 aromatic rings. The fourth-order valence-corrected chi connectivity index (χ4v) is 5.82. The standard InChI is InChI=1S/C41H77NO4/c1-3-5-7-9-11-13-15-17-19-21-23-25-27-29-31-33-35-39(44)41(46)38(37-43)42-40(45)36-34-32-30-28-26-24-22-20-18-16-14-12-10-8-6-4-2/h19-22,27,29,38-39,41,43-44,46H,3-18,23-26,28,30-37H2,1-2H3,(H,42,45)/b21-19+,22-20-,29-27+. The molecule has 1 amide bonds. The average Bonchev–Trinajstić information content (AvgIpc) is 3.06. The molecule has 0 aliphatic heterocycles. The van der Waals surface area contributed by atoms with Crippen LogP contribution in [0.2, 0.25) is 0 Å². The highest BCUT2D eigenvalue weighted by atomic mass is 16.3. The Kier molecular flexibility index (Phi) is 35.3. The Morgan fingerprint density at radius 2 is 0.891 bits per heavy atom. The monoisotopic (exact) mass is 648 g/mol. The second-order valence-corrected chi connectivity index (χ2v) is 13.5. The van der Waals surface area contributed by atoms with Crippen LogP contribution in [0.1, 0.15) is 194 Å². The molecule has 0 aromatic heterocycles. The van der Waals surface area contributed by atoms with Gasteiger partial charge in [-0.05, 0) is 77.0 Å². The summed E-state index contributed by atoms with van der Waals surface area (Å²) in [7, 11) is 0. The van der Waals surface area contributed by atoms with Gasteiger partial charge in [0.2, 0.25) is 5.91 Å². The highest BCUT2D eigenvalue weighted by Crippen LogP contribution is 2.13. The molecular formula is C41H77NO4. The molecule has 0 bridgehead atoms. The van der Waals surface area contributed by atoms with Crippen LogP contribution in [0.15, 0.2) is 36.5 Å². The molecule has 0 saturated carbocycles. The number of carbonyl (C=O) groups is 1. The van der Waals surface area contributed by atoms with E-state index in [2.05, 4.69) is 55.6 Å². The van der Waals surface area contributed by atoms with Crippen LogP contribution in [0, 0.1) is 0 Å². The van der Waals surface area contributed by atoms with E-state index in [0.29, 0.717) is 12.8 Å². The normalized spacial score (nSPS) is 14.1. The third-order valence-electron chi connectivity index (χ3n) is 8.94. The molecule has 0 aliphatic carbocycles. The number of allylic oxidation sites excluding steroid dienone is 6. The van der Waals surface area contributed by atoms with Crippen molar-refractivity contribution in [1.82, 2.24) is 5.32 Å². The van der Waals surface area contributed by atoms with Gasteiger partial charge in [0.1, 0.15) is 6.10 Å². The van der Waals surface area contributed by atoms with Crippen molar-refractivity contribution in [1.29, 1.82) is 0 Å². The first-order chi connectivity index (χ1) is 22.6. The first kappa shape index (κ1) is 44.6. The number of amides is 1. The summed E-state index contributed by atoms with van der Waals surface area (Å²) in [5.74, 6) is -0.169. The Labute approximate surface area is 285 Å². The molecular weight excluding hydrogens is 570 g/mol. The van der Waals surface area contributed by atoms with Crippen molar-refractivity contribution in [3.8, 4) is 0 Å². The van der Waals surface area contributed by atoms with Gasteiger partial charge in [-0.15, -0.1) is 0 Å². The van der Waals surface area contributed by atoms with E-state index in [4.69, 9.17) is 0 Å². The van der Waals surface area contributed by atoms with Gasteiger partial charge in [0.05, 0.1) is 18.8 Å². The van der Waals surface area contributed by atoms with Gasteiger partial charge in [-0.25, -0.2) is 0 Å². The number of hydrogen-bond donors (Lipinski definition) is 4. The maximum Gasteiger partial charge on any atom is 0.220 e. The lowest BCUT2D eigenvalue weighted by Crippen LogP contribution is -2.50. The highest BCUT2D eigenvalue weighted by Gasteiger charge is 2.26. The first-order valence-electron chi connectivity index (χ1n) is 19.8. The van der Waals surface area contributed by atoms with E-state index >= 15 is 0 Å². The number of hydrogen-bond acceptors (Lipinski definition) is 4. The number of rotatable bonds is 35. The molecule has 0 spiro atoms. The Morgan fingerprint density at radius 1 is 0.522 bits per heavy atom. The van der Waals surface area contributed by atoms with Gasteiger partial charge in [0.25, 0.3) is 0 Å². The third-order valence-corrected chi connectivity index (χ3v) is 8.94. The summed E-state index contributed by atoms with van der Waals surface area (Å²) in [6, 6.07) is -0.835. The van der Waals surface area contributed by atoms with Crippen LogP contribution in [0.4, 0.5) is 0 Å². The highest BCUT2D eigenvalue weighted by molar-refractivity contribution is 5.76. The fourth-order valence-electron chi connectivity index (χ4n) is 5.82. The van der Waals surface area contributed by atoms with Gasteiger partial charge in [-0.1, -0.05) is 147 Å². The van der Waals surface area contributed by atoms with Crippen molar-refractivity contribution >= 4 is 5.91 Å². The van der Waals surface area contributed by atoms with Gasteiger partial charge in [0.15, 0.2) is 0 Å². The van der Waals surface area contributed by atoms with E-state index in [-0.39, 0.29) is 12.5 Å². The molecule has 0 radical (unpaired) electrons. The van der Waals surface area contributed by atoms with E-state index in [9.17, 15) is 20.1 Å². The molecule has 46 heavy (non-hydrogen) atoms.